The summed E-state index contributed by atoms with van der Waals surface area (Å²) >= 11 is 0. The third-order valence-electron chi connectivity index (χ3n) is 4.14. The summed E-state index contributed by atoms with van der Waals surface area (Å²) in [6, 6.07) is 8.10. The maximum absolute atomic E-state index is 13.0. The van der Waals surface area contributed by atoms with Crippen molar-refractivity contribution in [2.75, 3.05) is 26.2 Å². The van der Waals surface area contributed by atoms with Crippen molar-refractivity contribution in [2.45, 2.75) is 18.2 Å². The Labute approximate surface area is 145 Å². The topological polar surface area (TPSA) is 70.8 Å². The maximum atomic E-state index is 13.0. The molecule has 2 aromatic rings. The first-order valence-electron chi connectivity index (χ1n) is 7.99. The van der Waals surface area contributed by atoms with Crippen LogP contribution in [0.3, 0.4) is 0 Å². The van der Waals surface area contributed by atoms with Gasteiger partial charge >= 0.3 is 0 Å². The molecule has 1 aromatic carbocycles. The van der Waals surface area contributed by atoms with E-state index in [4.69, 9.17) is 4.42 Å². The van der Waals surface area contributed by atoms with Crippen LogP contribution in [-0.2, 0) is 10.0 Å². The number of amides is 1. The molecule has 2 heterocycles. The Bertz CT molecular complexity index is 861. The Morgan fingerprint density at radius 3 is 2.40 bits per heavy atom. The van der Waals surface area contributed by atoms with Gasteiger partial charge in [-0.25, -0.2) is 12.8 Å². The van der Waals surface area contributed by atoms with Crippen molar-refractivity contribution < 1.29 is 22.0 Å². The lowest BCUT2D eigenvalue weighted by Gasteiger charge is -2.21. The van der Waals surface area contributed by atoms with Gasteiger partial charge in [-0.2, -0.15) is 4.31 Å². The summed E-state index contributed by atoms with van der Waals surface area (Å²) in [6.07, 6.45) is 0.520. The number of carbonyl (C=O) groups excluding carboxylic acids is 1. The van der Waals surface area contributed by atoms with E-state index in [1.165, 1.54) is 16.4 Å². The molecular weight excluding hydrogens is 347 g/mol. The molecule has 25 heavy (non-hydrogen) atoms. The molecule has 1 aromatic heterocycles. The van der Waals surface area contributed by atoms with Crippen LogP contribution in [0.2, 0.25) is 0 Å². The molecule has 1 amide bonds. The highest BCUT2D eigenvalue weighted by molar-refractivity contribution is 7.89. The van der Waals surface area contributed by atoms with Crippen LogP contribution in [0.5, 0.6) is 0 Å². The summed E-state index contributed by atoms with van der Waals surface area (Å²) in [6.45, 7) is 2.98. The number of hydrogen-bond donors (Lipinski definition) is 0. The summed E-state index contributed by atoms with van der Waals surface area (Å²) in [4.78, 5) is 14.1. The van der Waals surface area contributed by atoms with Crippen molar-refractivity contribution in [2.24, 2.45) is 0 Å². The van der Waals surface area contributed by atoms with E-state index in [0.29, 0.717) is 25.3 Å². The van der Waals surface area contributed by atoms with E-state index in [9.17, 15) is 17.6 Å². The zero-order chi connectivity index (χ0) is 18.0. The SMILES string of the molecule is Cc1ccc(C(=O)N2CCCN(S(=O)(=O)c3ccc(F)cc3)CC2)o1. The summed E-state index contributed by atoms with van der Waals surface area (Å²) in [5.74, 6) is 0.181. The van der Waals surface area contributed by atoms with Gasteiger partial charge < -0.3 is 9.32 Å². The van der Waals surface area contributed by atoms with E-state index in [-0.39, 0.29) is 29.7 Å². The van der Waals surface area contributed by atoms with E-state index in [1.54, 1.807) is 24.0 Å². The van der Waals surface area contributed by atoms with E-state index in [2.05, 4.69) is 0 Å². The lowest BCUT2D eigenvalue weighted by atomic mass is 10.3. The van der Waals surface area contributed by atoms with Crippen molar-refractivity contribution in [3.63, 3.8) is 0 Å². The number of aryl methyl sites for hydroxylation is 1. The molecule has 1 aliphatic rings. The van der Waals surface area contributed by atoms with Crippen molar-refractivity contribution >= 4 is 15.9 Å². The van der Waals surface area contributed by atoms with Crippen LogP contribution in [0, 0.1) is 12.7 Å². The summed E-state index contributed by atoms with van der Waals surface area (Å²) in [5.41, 5.74) is 0. The minimum absolute atomic E-state index is 0.0512. The van der Waals surface area contributed by atoms with Gasteiger partial charge in [-0.15, -0.1) is 0 Å². The van der Waals surface area contributed by atoms with Gasteiger partial charge in [0.15, 0.2) is 5.76 Å². The molecule has 0 unspecified atom stereocenters. The highest BCUT2D eigenvalue weighted by atomic mass is 32.2. The predicted molar refractivity (Wildman–Crippen MR) is 89.1 cm³/mol. The highest BCUT2D eigenvalue weighted by Gasteiger charge is 2.29. The van der Waals surface area contributed by atoms with Gasteiger partial charge in [-0.1, -0.05) is 0 Å². The molecule has 3 rings (SSSR count). The van der Waals surface area contributed by atoms with Crippen LogP contribution in [-0.4, -0.2) is 49.7 Å². The van der Waals surface area contributed by atoms with E-state index in [1.807, 2.05) is 0 Å². The highest BCUT2D eigenvalue weighted by Crippen LogP contribution is 2.19. The largest absolute Gasteiger partial charge is 0.456 e. The number of hydrogen-bond acceptors (Lipinski definition) is 4. The molecule has 1 aliphatic heterocycles. The molecule has 1 saturated heterocycles. The zero-order valence-electron chi connectivity index (χ0n) is 13.8. The van der Waals surface area contributed by atoms with Crippen molar-refractivity contribution in [3.05, 3.63) is 53.7 Å². The second-order valence-electron chi connectivity index (χ2n) is 5.91. The van der Waals surface area contributed by atoms with Gasteiger partial charge in [0.05, 0.1) is 4.90 Å². The Hall–Kier alpha value is -2.19. The molecule has 0 radical (unpaired) electrons. The van der Waals surface area contributed by atoms with Crippen LogP contribution >= 0.6 is 0 Å². The van der Waals surface area contributed by atoms with Gasteiger partial charge in [0, 0.05) is 26.2 Å². The molecule has 134 valence electrons. The fourth-order valence-electron chi connectivity index (χ4n) is 2.80. The Morgan fingerprint density at radius 1 is 1.04 bits per heavy atom. The minimum atomic E-state index is -3.71. The number of carbonyl (C=O) groups is 1. The van der Waals surface area contributed by atoms with Crippen LogP contribution in [0.4, 0.5) is 4.39 Å². The molecule has 0 aliphatic carbocycles. The number of rotatable bonds is 3. The van der Waals surface area contributed by atoms with Gasteiger partial charge in [0.2, 0.25) is 10.0 Å². The van der Waals surface area contributed by atoms with Crippen molar-refractivity contribution in [1.82, 2.24) is 9.21 Å². The number of nitrogens with zero attached hydrogens (tertiary/aromatic N) is 2. The molecule has 0 spiro atoms. The molecule has 0 N–H and O–H groups in total. The van der Waals surface area contributed by atoms with Gasteiger partial charge in [0.1, 0.15) is 11.6 Å². The van der Waals surface area contributed by atoms with E-state index in [0.717, 1.165) is 12.1 Å². The van der Waals surface area contributed by atoms with Crippen LogP contribution in [0.25, 0.3) is 0 Å². The first-order chi connectivity index (χ1) is 11.9. The fraction of sp³-hybridized carbons (Fsp3) is 0.353. The van der Waals surface area contributed by atoms with Crippen molar-refractivity contribution in [1.29, 1.82) is 0 Å². The number of furan rings is 1. The fourth-order valence-corrected chi connectivity index (χ4v) is 4.27. The lowest BCUT2D eigenvalue weighted by Crippen LogP contribution is -2.37. The average molecular weight is 366 g/mol. The van der Waals surface area contributed by atoms with E-state index < -0.39 is 15.8 Å². The van der Waals surface area contributed by atoms with E-state index >= 15 is 0 Å². The molecule has 0 atom stereocenters. The smallest absolute Gasteiger partial charge is 0.289 e. The van der Waals surface area contributed by atoms with Gasteiger partial charge in [-0.3, -0.25) is 4.79 Å². The molecule has 6 nitrogen and oxygen atoms in total. The number of halogens is 1. The maximum Gasteiger partial charge on any atom is 0.289 e. The third kappa shape index (κ3) is 3.74. The minimum Gasteiger partial charge on any atom is -0.456 e. The van der Waals surface area contributed by atoms with Gasteiger partial charge in [0.25, 0.3) is 5.91 Å². The summed E-state index contributed by atoms with van der Waals surface area (Å²) < 4.78 is 45.1. The van der Waals surface area contributed by atoms with Crippen LogP contribution in [0.1, 0.15) is 22.7 Å². The molecule has 0 bridgehead atoms. The third-order valence-corrected chi connectivity index (χ3v) is 6.06. The molecule has 1 fully saturated rings. The second kappa shape index (κ2) is 6.97. The molecule has 0 saturated carbocycles. The monoisotopic (exact) mass is 366 g/mol. The summed E-state index contributed by atoms with van der Waals surface area (Å²) in [5, 5.41) is 0. The number of benzene rings is 1. The Morgan fingerprint density at radius 2 is 1.76 bits per heavy atom. The summed E-state index contributed by atoms with van der Waals surface area (Å²) in [7, 11) is -3.71. The first kappa shape index (κ1) is 17.6. The van der Waals surface area contributed by atoms with Crippen LogP contribution < -0.4 is 0 Å². The second-order valence-corrected chi connectivity index (χ2v) is 7.85. The molecule has 8 heteroatoms. The predicted octanol–water partition coefficient (Wildman–Crippen LogP) is 2.26. The first-order valence-corrected chi connectivity index (χ1v) is 9.43. The average Bonchev–Trinajstić information content (AvgIpc) is 2.86. The Balaban J connectivity index is 1.73. The van der Waals surface area contributed by atoms with Crippen LogP contribution in [0.15, 0.2) is 45.7 Å². The Kier molecular flexibility index (Phi) is 4.91. The zero-order valence-corrected chi connectivity index (χ0v) is 14.6. The normalized spacial score (nSPS) is 16.6. The quantitative estimate of drug-likeness (QED) is 0.835. The molecular formula is C17H19FN2O4S. The lowest BCUT2D eigenvalue weighted by molar-refractivity contribution is 0.0731. The number of sulfonamides is 1. The van der Waals surface area contributed by atoms with Gasteiger partial charge in [-0.05, 0) is 49.7 Å². The van der Waals surface area contributed by atoms with Crippen molar-refractivity contribution in [3.8, 4) is 0 Å². The standard InChI is InChI=1S/C17H19FN2O4S/c1-13-3-8-16(24-13)17(21)19-9-2-10-20(12-11-19)25(22,23)15-6-4-14(18)5-7-15/h3-8H,2,9-12H2,1H3.